The van der Waals surface area contributed by atoms with Crippen molar-refractivity contribution in [3.63, 3.8) is 0 Å². The smallest absolute Gasteiger partial charge is 0.303 e. The molecule has 9 heteroatoms. The van der Waals surface area contributed by atoms with Gasteiger partial charge in [-0.05, 0) is 43.6 Å². The second-order valence-corrected chi connectivity index (χ2v) is 9.61. The van der Waals surface area contributed by atoms with Crippen LogP contribution in [-0.4, -0.2) is 41.5 Å². The first kappa shape index (κ1) is 25.5. The number of hydrogen-bond acceptors (Lipinski definition) is 5. The number of aliphatic carboxylic acids is 1. The summed E-state index contributed by atoms with van der Waals surface area (Å²) in [4.78, 5) is 23.5. The Hall–Kier alpha value is -1.58. The van der Waals surface area contributed by atoms with Gasteiger partial charge in [0.15, 0.2) is 0 Å². The monoisotopic (exact) mass is 445 g/mol. The Morgan fingerprint density at radius 2 is 1.52 bits per heavy atom. The molecular formula is C20H31NO6S2. The zero-order chi connectivity index (χ0) is 21.5. The largest absolute Gasteiger partial charge is 0.481 e. The topological polar surface area (TPSA) is 121 Å². The molecule has 1 rings (SSSR count). The molecule has 0 spiro atoms. The van der Waals surface area contributed by atoms with Crippen LogP contribution in [0, 0.1) is 0 Å². The number of hydrogen-bond donors (Lipinski definition) is 3. The number of carboxylic acids is 1. The van der Waals surface area contributed by atoms with Crippen molar-refractivity contribution in [2.24, 2.45) is 0 Å². The lowest BCUT2D eigenvalue weighted by atomic mass is 10.1. The van der Waals surface area contributed by atoms with Crippen LogP contribution in [0.15, 0.2) is 29.2 Å². The molecule has 1 amide bonds. The Bertz CT molecular complexity index is 736. The number of amides is 1. The molecule has 0 aromatic heterocycles. The normalized spacial score (nSPS) is 11.3. The van der Waals surface area contributed by atoms with E-state index >= 15 is 0 Å². The molecule has 0 saturated heterocycles. The number of rotatable bonds is 16. The highest BCUT2D eigenvalue weighted by Gasteiger charge is 2.08. The van der Waals surface area contributed by atoms with Crippen LogP contribution in [0.25, 0.3) is 0 Å². The van der Waals surface area contributed by atoms with Gasteiger partial charge in [0.1, 0.15) is 0 Å². The lowest BCUT2D eigenvalue weighted by molar-refractivity contribution is -0.137. The second-order valence-electron chi connectivity index (χ2n) is 6.90. The molecule has 0 radical (unpaired) electrons. The number of benzene rings is 1. The molecule has 0 bridgehead atoms. The summed E-state index contributed by atoms with van der Waals surface area (Å²) in [5.41, 5.74) is 0.756. The van der Waals surface area contributed by atoms with Crippen LogP contribution in [0.2, 0.25) is 0 Å². The van der Waals surface area contributed by atoms with E-state index in [4.69, 9.17) is 9.66 Å². The molecule has 0 heterocycles. The maximum atomic E-state index is 12.2. The van der Waals surface area contributed by atoms with Gasteiger partial charge in [-0.25, -0.2) is 0 Å². The van der Waals surface area contributed by atoms with Crippen molar-refractivity contribution < 1.29 is 27.7 Å². The SMILES string of the molecule is O=C(O)CCCCCCCCC(=O)Nc1ccccc1SCCCCS(=O)(=O)O. The lowest BCUT2D eigenvalue weighted by Gasteiger charge is -2.11. The summed E-state index contributed by atoms with van der Waals surface area (Å²) >= 11 is 1.55. The van der Waals surface area contributed by atoms with E-state index in [-0.39, 0.29) is 18.1 Å². The summed E-state index contributed by atoms with van der Waals surface area (Å²) in [7, 11) is -3.90. The average molecular weight is 446 g/mol. The lowest BCUT2D eigenvalue weighted by Crippen LogP contribution is -2.11. The molecule has 164 valence electrons. The first-order chi connectivity index (χ1) is 13.8. The van der Waals surface area contributed by atoms with Crippen LogP contribution in [0.3, 0.4) is 0 Å². The van der Waals surface area contributed by atoms with Gasteiger partial charge in [-0.2, -0.15) is 8.42 Å². The van der Waals surface area contributed by atoms with E-state index in [0.29, 0.717) is 31.4 Å². The molecule has 0 atom stereocenters. The predicted octanol–water partition coefficient (Wildman–Crippen LogP) is 4.59. The van der Waals surface area contributed by atoms with Gasteiger partial charge in [-0.15, -0.1) is 11.8 Å². The molecule has 0 fully saturated rings. The molecule has 0 aliphatic rings. The molecular weight excluding hydrogens is 414 g/mol. The van der Waals surface area contributed by atoms with Crippen molar-refractivity contribution in [1.82, 2.24) is 0 Å². The van der Waals surface area contributed by atoms with E-state index in [1.54, 1.807) is 11.8 Å². The van der Waals surface area contributed by atoms with E-state index in [1.165, 1.54) is 0 Å². The highest BCUT2D eigenvalue weighted by molar-refractivity contribution is 7.99. The third-order valence-corrected chi connectivity index (χ3v) is 6.22. The van der Waals surface area contributed by atoms with Crippen LogP contribution in [-0.2, 0) is 19.7 Å². The number of unbranched alkanes of at least 4 members (excludes halogenated alkanes) is 6. The zero-order valence-electron chi connectivity index (χ0n) is 16.6. The van der Waals surface area contributed by atoms with Gasteiger partial charge in [0.05, 0.1) is 11.4 Å². The molecule has 29 heavy (non-hydrogen) atoms. The third kappa shape index (κ3) is 14.1. The Morgan fingerprint density at radius 3 is 2.17 bits per heavy atom. The number of carbonyl (C=O) groups excluding carboxylic acids is 1. The van der Waals surface area contributed by atoms with E-state index in [9.17, 15) is 18.0 Å². The highest BCUT2D eigenvalue weighted by Crippen LogP contribution is 2.28. The summed E-state index contributed by atoms with van der Waals surface area (Å²) in [5, 5.41) is 11.5. The molecule has 0 aliphatic heterocycles. The van der Waals surface area contributed by atoms with Crippen molar-refractivity contribution in [3.05, 3.63) is 24.3 Å². The fourth-order valence-electron chi connectivity index (χ4n) is 2.75. The van der Waals surface area contributed by atoms with Crippen LogP contribution in [0.5, 0.6) is 0 Å². The average Bonchev–Trinajstić information content (AvgIpc) is 2.63. The number of thioether (sulfide) groups is 1. The summed E-state index contributed by atoms with van der Waals surface area (Å²) in [6.07, 6.45) is 7.08. The van der Waals surface area contributed by atoms with Crippen LogP contribution in [0.4, 0.5) is 5.69 Å². The maximum Gasteiger partial charge on any atom is 0.303 e. The van der Waals surface area contributed by atoms with Gasteiger partial charge in [0.25, 0.3) is 10.1 Å². The van der Waals surface area contributed by atoms with Crippen molar-refractivity contribution in [1.29, 1.82) is 0 Å². The van der Waals surface area contributed by atoms with Crippen molar-refractivity contribution >= 4 is 39.4 Å². The van der Waals surface area contributed by atoms with E-state index < -0.39 is 16.1 Å². The predicted molar refractivity (Wildman–Crippen MR) is 116 cm³/mol. The Morgan fingerprint density at radius 1 is 0.897 bits per heavy atom. The van der Waals surface area contributed by atoms with Gasteiger partial charge >= 0.3 is 5.97 Å². The highest BCUT2D eigenvalue weighted by atomic mass is 32.2. The third-order valence-electron chi connectivity index (χ3n) is 4.26. The second kappa shape index (κ2) is 14.4. The fraction of sp³-hybridized carbons (Fsp3) is 0.600. The van der Waals surface area contributed by atoms with Gasteiger partial charge in [-0.1, -0.05) is 37.8 Å². The molecule has 0 aliphatic carbocycles. The Kier molecular flexibility index (Phi) is 12.6. The van der Waals surface area contributed by atoms with Gasteiger partial charge in [0.2, 0.25) is 5.91 Å². The summed E-state index contributed by atoms with van der Waals surface area (Å²) < 4.78 is 30.2. The fourth-order valence-corrected chi connectivity index (χ4v) is 4.33. The minimum atomic E-state index is -3.90. The molecule has 7 nitrogen and oxygen atoms in total. The van der Waals surface area contributed by atoms with Crippen molar-refractivity contribution in [2.45, 2.75) is 69.1 Å². The summed E-state index contributed by atoms with van der Waals surface area (Å²) in [6, 6.07) is 7.51. The number of anilines is 1. The summed E-state index contributed by atoms with van der Waals surface area (Å²) in [6.45, 7) is 0. The van der Waals surface area contributed by atoms with Gasteiger partial charge < -0.3 is 10.4 Å². The standard InChI is InChI=1S/C20H31NO6S2/c22-19(13-5-3-1-2-4-6-14-20(23)24)21-17-11-7-8-12-18(17)28-15-9-10-16-29(25,26)27/h7-8,11-12H,1-6,9-10,13-16H2,(H,21,22)(H,23,24)(H,25,26,27). The van der Waals surface area contributed by atoms with E-state index in [1.807, 2.05) is 24.3 Å². The van der Waals surface area contributed by atoms with Gasteiger partial charge in [-0.3, -0.25) is 14.1 Å². The minimum Gasteiger partial charge on any atom is -0.481 e. The Balaban J connectivity index is 2.23. The molecule has 0 unspecified atom stereocenters. The maximum absolute atomic E-state index is 12.2. The van der Waals surface area contributed by atoms with Crippen molar-refractivity contribution in [2.75, 3.05) is 16.8 Å². The number of para-hydroxylation sites is 1. The van der Waals surface area contributed by atoms with E-state index in [0.717, 1.165) is 42.7 Å². The molecule has 1 aromatic carbocycles. The molecule has 0 saturated carbocycles. The van der Waals surface area contributed by atoms with Crippen LogP contribution < -0.4 is 5.32 Å². The van der Waals surface area contributed by atoms with Crippen molar-refractivity contribution in [3.8, 4) is 0 Å². The molecule has 3 N–H and O–H groups in total. The van der Waals surface area contributed by atoms with Gasteiger partial charge in [0, 0.05) is 17.7 Å². The first-order valence-corrected chi connectivity index (χ1v) is 12.6. The van der Waals surface area contributed by atoms with Crippen LogP contribution >= 0.6 is 11.8 Å². The summed E-state index contributed by atoms with van der Waals surface area (Å²) in [5.74, 6) is -0.316. The van der Waals surface area contributed by atoms with E-state index in [2.05, 4.69) is 5.32 Å². The number of nitrogens with one attached hydrogen (secondary N) is 1. The minimum absolute atomic E-state index is 0.0321. The molecule has 1 aromatic rings. The number of carbonyl (C=O) groups is 2. The quantitative estimate of drug-likeness (QED) is 0.193. The first-order valence-electron chi connectivity index (χ1n) is 9.96. The number of carboxylic acid groups (broad SMARTS) is 1. The Labute approximate surface area is 177 Å². The zero-order valence-corrected chi connectivity index (χ0v) is 18.3. The van der Waals surface area contributed by atoms with Crippen LogP contribution in [0.1, 0.15) is 64.2 Å².